The van der Waals surface area contributed by atoms with E-state index >= 15 is 0 Å². The van der Waals surface area contributed by atoms with Crippen molar-refractivity contribution < 1.29 is 14.3 Å². The van der Waals surface area contributed by atoms with Crippen molar-refractivity contribution >= 4 is 12.1 Å². The van der Waals surface area contributed by atoms with Crippen molar-refractivity contribution in [2.75, 3.05) is 46.9 Å². The van der Waals surface area contributed by atoms with Gasteiger partial charge in [0, 0.05) is 40.3 Å². The molecule has 7 heteroatoms. The average molecular weight is 328 g/mol. The molecule has 0 bridgehead atoms. The van der Waals surface area contributed by atoms with Gasteiger partial charge in [0.15, 0.2) is 5.96 Å². The second kappa shape index (κ2) is 9.60. The molecule has 0 spiro atoms. The predicted molar refractivity (Wildman–Crippen MR) is 91.8 cm³/mol. The summed E-state index contributed by atoms with van der Waals surface area (Å²) in [5, 5.41) is 6.52. The lowest BCUT2D eigenvalue weighted by Gasteiger charge is -2.33. The van der Waals surface area contributed by atoms with Gasteiger partial charge in [-0.15, -0.1) is 0 Å². The number of carbonyl (C=O) groups is 1. The molecule has 7 nitrogen and oxygen atoms in total. The Balaban J connectivity index is 2.27. The first kappa shape index (κ1) is 19.5. The molecule has 1 heterocycles. The van der Waals surface area contributed by atoms with E-state index in [0.29, 0.717) is 12.5 Å². The van der Waals surface area contributed by atoms with E-state index in [1.54, 1.807) is 19.1 Å². The van der Waals surface area contributed by atoms with Crippen LogP contribution < -0.4 is 10.6 Å². The highest BCUT2D eigenvalue weighted by molar-refractivity contribution is 5.79. The van der Waals surface area contributed by atoms with Crippen LogP contribution >= 0.6 is 0 Å². The number of piperidine rings is 1. The molecule has 0 unspecified atom stereocenters. The number of amides is 1. The van der Waals surface area contributed by atoms with Crippen molar-refractivity contribution in [2.45, 2.75) is 39.2 Å². The van der Waals surface area contributed by atoms with E-state index in [2.05, 4.69) is 15.6 Å². The summed E-state index contributed by atoms with van der Waals surface area (Å²) in [6.45, 7) is 9.41. The van der Waals surface area contributed by atoms with Crippen molar-refractivity contribution in [3.05, 3.63) is 0 Å². The van der Waals surface area contributed by atoms with E-state index in [1.165, 1.54) is 0 Å². The van der Waals surface area contributed by atoms with Gasteiger partial charge in [0.05, 0.1) is 6.61 Å². The van der Waals surface area contributed by atoms with Crippen LogP contribution in [0.25, 0.3) is 0 Å². The number of hydrogen-bond acceptors (Lipinski definition) is 4. The van der Waals surface area contributed by atoms with E-state index in [0.717, 1.165) is 45.0 Å². The third kappa shape index (κ3) is 8.06. The Morgan fingerprint density at radius 2 is 1.91 bits per heavy atom. The number of nitrogens with one attached hydrogen (secondary N) is 2. The van der Waals surface area contributed by atoms with Crippen LogP contribution in [0, 0.1) is 5.92 Å². The molecule has 0 radical (unpaired) electrons. The monoisotopic (exact) mass is 328 g/mol. The summed E-state index contributed by atoms with van der Waals surface area (Å²) in [6.07, 6.45) is 1.74. The van der Waals surface area contributed by atoms with Crippen LogP contribution in [0.4, 0.5) is 4.79 Å². The molecule has 1 rings (SSSR count). The lowest BCUT2D eigenvalue weighted by Crippen LogP contribution is -2.45. The molecule has 1 aliphatic heterocycles. The van der Waals surface area contributed by atoms with Gasteiger partial charge in [-0.25, -0.2) is 4.79 Å². The first-order chi connectivity index (χ1) is 10.9. The lowest BCUT2D eigenvalue weighted by atomic mass is 9.97. The Labute approximate surface area is 139 Å². The van der Waals surface area contributed by atoms with Gasteiger partial charge in [-0.05, 0) is 39.5 Å². The highest BCUT2D eigenvalue weighted by Gasteiger charge is 2.26. The molecule has 134 valence electrons. The Morgan fingerprint density at radius 3 is 2.43 bits per heavy atom. The average Bonchev–Trinajstić information content (AvgIpc) is 2.49. The molecule has 1 aliphatic rings. The molecule has 1 fully saturated rings. The maximum Gasteiger partial charge on any atom is 0.410 e. The van der Waals surface area contributed by atoms with Crippen molar-refractivity contribution in [1.82, 2.24) is 15.5 Å². The lowest BCUT2D eigenvalue weighted by molar-refractivity contribution is 0.0185. The van der Waals surface area contributed by atoms with Crippen LogP contribution in [0.3, 0.4) is 0 Å². The van der Waals surface area contributed by atoms with Crippen LogP contribution in [0.5, 0.6) is 0 Å². The first-order valence-corrected chi connectivity index (χ1v) is 8.27. The van der Waals surface area contributed by atoms with Gasteiger partial charge in [-0.2, -0.15) is 0 Å². The fourth-order valence-electron chi connectivity index (χ4n) is 2.38. The van der Waals surface area contributed by atoms with Gasteiger partial charge in [0.25, 0.3) is 0 Å². The highest BCUT2D eigenvalue weighted by atomic mass is 16.6. The number of nitrogens with zero attached hydrogens (tertiary/aromatic N) is 2. The van der Waals surface area contributed by atoms with Crippen LogP contribution in [0.1, 0.15) is 33.6 Å². The third-order valence-corrected chi connectivity index (χ3v) is 3.65. The zero-order chi connectivity index (χ0) is 17.3. The Bertz CT molecular complexity index is 385. The van der Waals surface area contributed by atoms with E-state index in [9.17, 15) is 4.79 Å². The van der Waals surface area contributed by atoms with Crippen LogP contribution in [-0.4, -0.2) is 69.5 Å². The van der Waals surface area contributed by atoms with Crippen molar-refractivity contribution in [3.63, 3.8) is 0 Å². The van der Waals surface area contributed by atoms with E-state index in [4.69, 9.17) is 9.47 Å². The summed E-state index contributed by atoms with van der Waals surface area (Å²) in [5.74, 6) is 1.33. The second-order valence-electron chi connectivity index (χ2n) is 6.78. The molecule has 1 saturated heterocycles. The molecular weight excluding hydrogens is 296 g/mol. The molecule has 0 aromatic heterocycles. The number of likely N-dealkylation sites (tertiary alicyclic amines) is 1. The van der Waals surface area contributed by atoms with Gasteiger partial charge in [-0.1, -0.05) is 0 Å². The van der Waals surface area contributed by atoms with Crippen molar-refractivity contribution in [1.29, 1.82) is 0 Å². The van der Waals surface area contributed by atoms with Crippen LogP contribution in [0.15, 0.2) is 4.99 Å². The zero-order valence-electron chi connectivity index (χ0n) is 15.1. The normalized spacial score (nSPS) is 17.1. The van der Waals surface area contributed by atoms with E-state index in [1.807, 2.05) is 20.8 Å². The third-order valence-electron chi connectivity index (χ3n) is 3.65. The Hall–Kier alpha value is -1.50. The fourth-order valence-corrected chi connectivity index (χ4v) is 2.38. The van der Waals surface area contributed by atoms with Crippen molar-refractivity contribution in [3.8, 4) is 0 Å². The maximum atomic E-state index is 12.0. The van der Waals surface area contributed by atoms with Crippen molar-refractivity contribution in [2.24, 2.45) is 10.9 Å². The molecule has 0 atom stereocenters. The molecule has 0 aliphatic carbocycles. The summed E-state index contributed by atoms with van der Waals surface area (Å²) in [4.78, 5) is 18.0. The summed E-state index contributed by atoms with van der Waals surface area (Å²) in [6, 6.07) is 0. The minimum absolute atomic E-state index is 0.207. The number of methoxy groups -OCH3 is 1. The predicted octanol–water partition coefficient (Wildman–Crippen LogP) is 1.44. The SMILES string of the molecule is CN=C(NCCOC)NCC1CCN(C(=O)OC(C)(C)C)CC1. The fraction of sp³-hybridized carbons (Fsp3) is 0.875. The summed E-state index contributed by atoms with van der Waals surface area (Å²) >= 11 is 0. The van der Waals surface area contributed by atoms with Gasteiger partial charge >= 0.3 is 6.09 Å². The van der Waals surface area contributed by atoms with E-state index in [-0.39, 0.29) is 6.09 Å². The number of hydrogen-bond donors (Lipinski definition) is 2. The van der Waals surface area contributed by atoms with E-state index < -0.39 is 5.60 Å². The van der Waals surface area contributed by atoms with Crippen LogP contribution in [-0.2, 0) is 9.47 Å². The number of carbonyl (C=O) groups excluding carboxylic acids is 1. The molecule has 0 saturated carbocycles. The number of guanidine groups is 1. The van der Waals surface area contributed by atoms with Gasteiger partial charge in [0.2, 0.25) is 0 Å². The number of aliphatic imine (C=N–C) groups is 1. The summed E-state index contributed by atoms with van der Waals surface area (Å²) < 4.78 is 10.4. The molecule has 0 aromatic rings. The Morgan fingerprint density at radius 1 is 1.26 bits per heavy atom. The highest BCUT2D eigenvalue weighted by Crippen LogP contribution is 2.19. The minimum Gasteiger partial charge on any atom is -0.444 e. The first-order valence-electron chi connectivity index (χ1n) is 8.27. The number of rotatable bonds is 5. The zero-order valence-corrected chi connectivity index (χ0v) is 15.1. The standard InChI is InChI=1S/C16H32N4O3/c1-16(2,3)23-15(21)20-9-6-13(7-10-20)12-19-14(17-4)18-8-11-22-5/h13H,6-12H2,1-5H3,(H2,17,18,19). The maximum absolute atomic E-state index is 12.0. The molecule has 23 heavy (non-hydrogen) atoms. The molecule has 0 aromatic carbocycles. The van der Waals surface area contributed by atoms with Crippen LogP contribution in [0.2, 0.25) is 0 Å². The molecule has 2 N–H and O–H groups in total. The van der Waals surface area contributed by atoms with Gasteiger partial charge < -0.3 is 25.0 Å². The number of ether oxygens (including phenoxy) is 2. The summed E-state index contributed by atoms with van der Waals surface area (Å²) in [5.41, 5.74) is -0.435. The van der Waals surface area contributed by atoms with Gasteiger partial charge in [-0.3, -0.25) is 4.99 Å². The second-order valence-corrected chi connectivity index (χ2v) is 6.78. The Kier molecular flexibility index (Phi) is 8.16. The largest absolute Gasteiger partial charge is 0.444 e. The summed E-state index contributed by atoms with van der Waals surface area (Å²) in [7, 11) is 3.43. The minimum atomic E-state index is -0.435. The van der Waals surface area contributed by atoms with Gasteiger partial charge in [0.1, 0.15) is 5.60 Å². The smallest absolute Gasteiger partial charge is 0.410 e. The quantitative estimate of drug-likeness (QED) is 0.454. The molecular formula is C16H32N4O3. The molecule has 1 amide bonds. The topological polar surface area (TPSA) is 75.2 Å².